The first kappa shape index (κ1) is 45.7. The summed E-state index contributed by atoms with van der Waals surface area (Å²) in [6.07, 6.45) is 2.48. The van der Waals surface area contributed by atoms with Crippen LogP contribution in [0.15, 0.2) is 91.4 Å². The van der Waals surface area contributed by atoms with Crippen LogP contribution in [0.3, 0.4) is 0 Å². The number of aromatic nitrogens is 2. The molecule has 0 unspecified atom stereocenters. The highest BCUT2D eigenvalue weighted by molar-refractivity contribution is 6.35. The largest absolute Gasteiger partial charge is 0.488 e. The van der Waals surface area contributed by atoms with Crippen molar-refractivity contribution in [1.29, 1.82) is 0 Å². The molecule has 6 aromatic rings. The summed E-state index contributed by atoms with van der Waals surface area (Å²) < 4.78 is 12.7. The summed E-state index contributed by atoms with van der Waals surface area (Å²) in [5.74, 6) is -1.22. The molecule has 62 heavy (non-hydrogen) atoms. The number of pyridine rings is 2. The Morgan fingerprint density at radius 3 is 2.06 bits per heavy atom. The van der Waals surface area contributed by atoms with Crippen molar-refractivity contribution in [2.45, 2.75) is 65.2 Å². The molecule has 2 atom stereocenters. The molecule has 0 saturated carbocycles. The number of nitrogens with one attached hydrogen (secondary N) is 3. The first-order chi connectivity index (χ1) is 29.8. The minimum Gasteiger partial charge on any atom is -0.488 e. The summed E-state index contributed by atoms with van der Waals surface area (Å²) in [5.41, 5.74) is 11.0. The second kappa shape index (κ2) is 21.3. The lowest BCUT2D eigenvalue weighted by molar-refractivity contribution is -0.140. The third-order valence-corrected chi connectivity index (χ3v) is 11.0. The number of carboxylic acids is 2. The van der Waals surface area contributed by atoms with Crippen LogP contribution < -0.4 is 25.4 Å². The van der Waals surface area contributed by atoms with Gasteiger partial charge in [-0.15, -0.1) is 0 Å². The quantitative estimate of drug-likeness (QED) is 0.0369. The van der Waals surface area contributed by atoms with Gasteiger partial charge in [0.15, 0.2) is 0 Å². The van der Waals surface area contributed by atoms with E-state index in [4.69, 9.17) is 47.9 Å². The third-order valence-electron chi connectivity index (χ3n) is 10.4. The van der Waals surface area contributed by atoms with Crippen LogP contribution in [0.5, 0.6) is 11.5 Å². The van der Waals surface area contributed by atoms with Crippen molar-refractivity contribution in [2.75, 3.05) is 25.5 Å². The van der Waals surface area contributed by atoms with Gasteiger partial charge in [-0.2, -0.15) is 0 Å². The number of benzene rings is 4. The molecule has 15 heteroatoms. The number of aliphatic hydroxyl groups is 2. The Labute approximate surface area is 369 Å². The normalized spacial score (nSPS) is 12.2. The van der Waals surface area contributed by atoms with Gasteiger partial charge in [0.05, 0.1) is 46.3 Å². The van der Waals surface area contributed by atoms with Gasteiger partial charge in [-0.1, -0.05) is 59.6 Å². The van der Waals surface area contributed by atoms with Crippen molar-refractivity contribution in [3.63, 3.8) is 0 Å². The summed E-state index contributed by atoms with van der Waals surface area (Å²) >= 11 is 13.4. The van der Waals surface area contributed by atoms with E-state index in [9.17, 15) is 19.8 Å². The average molecular weight is 883 g/mol. The van der Waals surface area contributed by atoms with Crippen molar-refractivity contribution in [1.82, 2.24) is 20.6 Å². The zero-order valence-electron chi connectivity index (χ0n) is 34.5. The molecule has 0 fully saturated rings. The van der Waals surface area contributed by atoms with E-state index < -0.39 is 24.1 Å². The van der Waals surface area contributed by atoms with Crippen molar-refractivity contribution in [3.05, 3.63) is 135 Å². The molecule has 0 amide bonds. The van der Waals surface area contributed by atoms with Crippen molar-refractivity contribution in [3.8, 4) is 33.8 Å². The number of anilines is 1. The number of rotatable bonds is 21. The maximum atomic E-state index is 11.0. The summed E-state index contributed by atoms with van der Waals surface area (Å²) in [4.78, 5) is 30.9. The van der Waals surface area contributed by atoms with Gasteiger partial charge in [0.2, 0.25) is 0 Å². The number of hydrogen-bond donors (Lipinski definition) is 7. The Bertz CT molecular complexity index is 2560. The fourth-order valence-corrected chi connectivity index (χ4v) is 7.71. The monoisotopic (exact) mass is 881 g/mol. The van der Waals surface area contributed by atoms with Crippen LogP contribution in [-0.2, 0) is 35.9 Å². The molecule has 6 rings (SSSR count). The number of carbonyl (C=O) groups is 2. The molecule has 0 radical (unpaired) electrons. The van der Waals surface area contributed by atoms with Crippen molar-refractivity contribution in [2.24, 2.45) is 0 Å². The Kier molecular flexibility index (Phi) is 15.7. The van der Waals surface area contributed by atoms with E-state index in [0.717, 1.165) is 61.1 Å². The molecule has 2 aromatic heterocycles. The maximum absolute atomic E-state index is 11.0. The first-order valence-electron chi connectivity index (χ1n) is 20.0. The predicted molar refractivity (Wildman–Crippen MR) is 241 cm³/mol. The van der Waals surface area contributed by atoms with E-state index in [2.05, 4.69) is 59.0 Å². The lowest BCUT2D eigenvalue weighted by Gasteiger charge is -2.19. The number of carboxylic acid groups (broad SMARTS) is 2. The standard InChI is InChI=1S/C47H49Cl2N5O8/c1-27-31(26-62-44-17-43(61-25-30-11-35(50-3)22-51-19-30)34(14-41(44)48)20-53-24-37(56)16-46(59)60)6-4-8-39(27)40-9-5-7-38(28(40)2)33-13-32-10-29(12-42(49)47(32)54-21-33)18-52-23-36(55)15-45(57)58/h4-14,17,19,21-22,36-37,50,52-53,55-56H,15-16,18,20,23-26H2,1-3H3,(H,57,58)(H,59,60)/t36-,37-/m0/s1. The molecule has 0 spiro atoms. The smallest absolute Gasteiger partial charge is 0.306 e. The topological polar surface area (TPSA) is 195 Å². The van der Waals surface area contributed by atoms with Gasteiger partial charge in [-0.3, -0.25) is 19.6 Å². The molecule has 4 aromatic carbocycles. The lowest BCUT2D eigenvalue weighted by Crippen LogP contribution is -2.28. The van der Waals surface area contributed by atoms with Crippen molar-refractivity contribution < 1.29 is 39.5 Å². The summed E-state index contributed by atoms with van der Waals surface area (Å²) in [7, 11) is 1.81. The van der Waals surface area contributed by atoms with Gasteiger partial charge < -0.3 is 45.9 Å². The molecule has 0 aliphatic carbocycles. The summed E-state index contributed by atoms with van der Waals surface area (Å²) in [6, 6.07) is 23.6. The van der Waals surface area contributed by atoms with Gasteiger partial charge in [0, 0.05) is 80.0 Å². The molecule has 0 aliphatic rings. The highest BCUT2D eigenvalue weighted by Gasteiger charge is 2.17. The van der Waals surface area contributed by atoms with E-state index in [-0.39, 0.29) is 45.7 Å². The number of fused-ring (bicyclic) bond motifs is 1. The molecule has 0 bridgehead atoms. The zero-order valence-corrected chi connectivity index (χ0v) is 36.1. The van der Waals surface area contributed by atoms with Crippen LogP contribution in [0.1, 0.15) is 46.2 Å². The number of ether oxygens (including phenoxy) is 2. The molecule has 0 aliphatic heterocycles. The van der Waals surface area contributed by atoms with E-state index in [1.54, 1.807) is 24.5 Å². The molecule has 324 valence electrons. The summed E-state index contributed by atoms with van der Waals surface area (Å²) in [6.45, 7) is 5.42. The Hall–Kier alpha value is -5.80. The highest BCUT2D eigenvalue weighted by Crippen LogP contribution is 2.38. The molecular weight excluding hydrogens is 833 g/mol. The van der Waals surface area contributed by atoms with Crippen LogP contribution in [-0.4, -0.2) is 74.7 Å². The minimum absolute atomic E-state index is 0.0630. The zero-order chi connectivity index (χ0) is 44.3. The van der Waals surface area contributed by atoms with Gasteiger partial charge in [0.25, 0.3) is 0 Å². The molecule has 2 heterocycles. The fraction of sp³-hybridized carbons (Fsp3) is 0.277. The van der Waals surface area contributed by atoms with Gasteiger partial charge in [-0.05, 0) is 83.1 Å². The SMILES string of the molecule is CNc1cncc(COc2cc(OCc3cccc(-c4cccc(-c5cnc6c(Cl)cc(CNC[C@@H](O)CC(=O)O)cc6c5)c4C)c3C)c(Cl)cc2CNC[C@@H](O)CC(=O)O)c1. The van der Waals surface area contributed by atoms with Crippen LogP contribution in [0.4, 0.5) is 5.69 Å². The number of hydrogen-bond acceptors (Lipinski definition) is 11. The Balaban J connectivity index is 1.21. The van der Waals surface area contributed by atoms with Crippen molar-refractivity contribution >= 4 is 51.7 Å². The van der Waals surface area contributed by atoms with Gasteiger partial charge in [-0.25, -0.2) is 0 Å². The van der Waals surface area contributed by atoms with Gasteiger partial charge in [0.1, 0.15) is 24.7 Å². The fourth-order valence-electron chi connectivity index (χ4n) is 7.17. The van der Waals surface area contributed by atoms with Crippen LogP contribution in [0.2, 0.25) is 10.0 Å². The van der Waals surface area contributed by atoms with Gasteiger partial charge >= 0.3 is 11.9 Å². The Morgan fingerprint density at radius 1 is 0.694 bits per heavy atom. The van der Waals surface area contributed by atoms with E-state index in [1.807, 2.05) is 49.6 Å². The third kappa shape index (κ3) is 12.0. The molecular formula is C47H49Cl2N5O8. The number of aliphatic carboxylic acids is 2. The lowest BCUT2D eigenvalue weighted by atomic mass is 9.89. The predicted octanol–water partition coefficient (Wildman–Crippen LogP) is 7.94. The minimum atomic E-state index is -1.09. The van der Waals surface area contributed by atoms with Crippen LogP contribution in [0.25, 0.3) is 33.2 Å². The Morgan fingerprint density at radius 2 is 1.35 bits per heavy atom. The number of nitrogens with zero attached hydrogens (tertiary/aromatic N) is 2. The first-order valence-corrected chi connectivity index (χ1v) is 20.7. The van der Waals surface area contributed by atoms with E-state index in [1.165, 1.54) is 0 Å². The average Bonchev–Trinajstić information content (AvgIpc) is 3.23. The maximum Gasteiger partial charge on any atom is 0.306 e. The second-order valence-corrected chi connectivity index (χ2v) is 15.8. The second-order valence-electron chi connectivity index (χ2n) is 15.0. The van der Waals surface area contributed by atoms with Crippen LogP contribution >= 0.6 is 23.2 Å². The molecule has 13 nitrogen and oxygen atoms in total. The molecule has 7 N–H and O–H groups in total. The highest BCUT2D eigenvalue weighted by atomic mass is 35.5. The van der Waals surface area contributed by atoms with E-state index >= 15 is 0 Å². The number of halogens is 2. The van der Waals surface area contributed by atoms with Crippen LogP contribution in [0, 0.1) is 13.8 Å². The summed E-state index contributed by atoms with van der Waals surface area (Å²) in [5, 5.41) is 49.0. The number of aliphatic hydroxyl groups excluding tert-OH is 2. The molecule has 0 saturated heterocycles. The van der Waals surface area contributed by atoms with E-state index in [0.29, 0.717) is 39.2 Å².